The Morgan fingerprint density at radius 2 is 2.04 bits per heavy atom. The van der Waals surface area contributed by atoms with Crippen LogP contribution in [0.2, 0.25) is 0 Å². The highest BCUT2D eigenvalue weighted by molar-refractivity contribution is 6.36. The third kappa shape index (κ3) is 2.48. The zero-order chi connectivity index (χ0) is 17.6. The largest absolute Gasteiger partial charge is 0.508 e. The molecule has 0 fully saturated rings. The van der Waals surface area contributed by atoms with Crippen molar-refractivity contribution in [1.82, 2.24) is 9.97 Å². The van der Waals surface area contributed by atoms with Crippen LogP contribution >= 0.6 is 0 Å². The maximum absolute atomic E-state index is 14.7. The zero-order valence-corrected chi connectivity index (χ0v) is 13.3. The summed E-state index contributed by atoms with van der Waals surface area (Å²) in [4.78, 5) is 19.5. The molecule has 0 radical (unpaired) electrons. The number of carbonyl (C=O) groups excluding carboxylic acids is 1. The van der Waals surface area contributed by atoms with Crippen LogP contribution in [-0.2, 0) is 4.79 Å². The quantitative estimate of drug-likeness (QED) is 0.625. The molecular formula is C19H14FN3O2. The molecule has 0 unspecified atom stereocenters. The molecule has 3 aromatic rings. The summed E-state index contributed by atoms with van der Waals surface area (Å²) in [7, 11) is 0. The Balaban J connectivity index is 1.98. The number of phenols is 1. The molecule has 25 heavy (non-hydrogen) atoms. The second kappa shape index (κ2) is 5.59. The lowest BCUT2D eigenvalue weighted by Gasteiger charge is -2.10. The van der Waals surface area contributed by atoms with Crippen LogP contribution in [0.5, 0.6) is 5.75 Å². The van der Waals surface area contributed by atoms with Crippen LogP contribution in [0.1, 0.15) is 17.0 Å². The number of anilines is 1. The molecule has 0 bridgehead atoms. The monoisotopic (exact) mass is 335 g/mol. The first-order chi connectivity index (χ1) is 12.0. The Labute approximate surface area is 142 Å². The van der Waals surface area contributed by atoms with E-state index in [-0.39, 0.29) is 17.2 Å². The fourth-order valence-corrected chi connectivity index (χ4v) is 3.01. The van der Waals surface area contributed by atoms with Crippen molar-refractivity contribution in [1.29, 1.82) is 0 Å². The number of carbonyl (C=O) groups is 1. The van der Waals surface area contributed by atoms with E-state index in [1.807, 2.05) is 6.92 Å². The zero-order valence-electron chi connectivity index (χ0n) is 13.3. The summed E-state index contributed by atoms with van der Waals surface area (Å²) in [6.45, 7) is 1.82. The topological polar surface area (TPSA) is 78.0 Å². The molecule has 4 rings (SSSR count). The highest BCUT2D eigenvalue weighted by atomic mass is 19.1. The van der Waals surface area contributed by atoms with Crippen molar-refractivity contribution in [3.8, 4) is 16.9 Å². The van der Waals surface area contributed by atoms with E-state index in [4.69, 9.17) is 0 Å². The van der Waals surface area contributed by atoms with Gasteiger partial charge in [-0.1, -0.05) is 12.1 Å². The number of hydrogen-bond acceptors (Lipinski definition) is 3. The molecule has 3 N–H and O–H groups in total. The highest BCUT2D eigenvalue weighted by Crippen LogP contribution is 2.42. The third-order valence-electron chi connectivity index (χ3n) is 4.21. The number of phenolic OH excluding ortho intramolecular Hbond substituents is 1. The summed E-state index contributed by atoms with van der Waals surface area (Å²) in [5.41, 5.74) is 3.55. The van der Waals surface area contributed by atoms with Gasteiger partial charge in [0.25, 0.3) is 5.91 Å². The highest BCUT2D eigenvalue weighted by Gasteiger charge is 2.29. The number of halogens is 1. The maximum atomic E-state index is 14.7. The van der Waals surface area contributed by atoms with Gasteiger partial charge in [0.05, 0.1) is 23.3 Å². The fraction of sp³-hybridized carbons (Fsp3) is 0.0526. The molecule has 0 saturated heterocycles. The standard InChI is InChI=1S/C19H14FN3O2/c1-10-16(22-9-21-10)8-13-18-15(23-19(13)25)6-5-14(20)17(18)11-3-2-4-12(24)7-11/h2-9,24H,1H3,(H,21,22)(H,23,25). The number of fused-ring (bicyclic) bond motifs is 1. The lowest BCUT2D eigenvalue weighted by molar-refractivity contribution is -0.110. The van der Waals surface area contributed by atoms with Crippen molar-refractivity contribution < 1.29 is 14.3 Å². The van der Waals surface area contributed by atoms with Crippen LogP contribution < -0.4 is 5.32 Å². The van der Waals surface area contributed by atoms with Gasteiger partial charge in [-0.3, -0.25) is 4.79 Å². The van der Waals surface area contributed by atoms with Crippen molar-refractivity contribution in [3.05, 3.63) is 65.5 Å². The number of aromatic hydroxyl groups is 1. The normalized spacial score (nSPS) is 14.6. The minimum atomic E-state index is -0.465. The van der Waals surface area contributed by atoms with E-state index in [9.17, 15) is 14.3 Å². The first-order valence-electron chi connectivity index (χ1n) is 7.70. The molecule has 0 spiro atoms. The van der Waals surface area contributed by atoms with Crippen LogP contribution in [0.4, 0.5) is 10.1 Å². The molecule has 1 aromatic heterocycles. The molecular weight excluding hydrogens is 321 g/mol. The minimum absolute atomic E-state index is 0.0294. The lowest BCUT2D eigenvalue weighted by Crippen LogP contribution is -2.03. The maximum Gasteiger partial charge on any atom is 0.256 e. The summed E-state index contributed by atoms with van der Waals surface area (Å²) in [5, 5.41) is 12.5. The van der Waals surface area contributed by atoms with Crippen molar-refractivity contribution in [2.75, 3.05) is 5.32 Å². The number of aromatic amines is 1. The Kier molecular flexibility index (Phi) is 3.39. The first kappa shape index (κ1) is 15.1. The van der Waals surface area contributed by atoms with Gasteiger partial charge in [-0.25, -0.2) is 9.37 Å². The number of imidazole rings is 1. The Morgan fingerprint density at radius 3 is 2.76 bits per heavy atom. The van der Waals surface area contributed by atoms with Gasteiger partial charge >= 0.3 is 0 Å². The van der Waals surface area contributed by atoms with Gasteiger partial charge in [0.15, 0.2) is 0 Å². The van der Waals surface area contributed by atoms with E-state index in [1.165, 1.54) is 30.6 Å². The number of H-pyrrole nitrogens is 1. The van der Waals surface area contributed by atoms with Gasteiger partial charge in [0.1, 0.15) is 11.6 Å². The average Bonchev–Trinajstić information content (AvgIpc) is 3.12. The first-order valence-corrected chi connectivity index (χ1v) is 7.70. The average molecular weight is 335 g/mol. The predicted molar refractivity (Wildman–Crippen MR) is 93.3 cm³/mol. The van der Waals surface area contributed by atoms with Gasteiger partial charge < -0.3 is 15.4 Å². The molecule has 124 valence electrons. The molecule has 0 aliphatic carbocycles. The van der Waals surface area contributed by atoms with Crippen LogP contribution in [0.15, 0.2) is 42.7 Å². The second-order valence-electron chi connectivity index (χ2n) is 5.81. The van der Waals surface area contributed by atoms with Crippen molar-refractivity contribution in [2.24, 2.45) is 0 Å². The third-order valence-corrected chi connectivity index (χ3v) is 4.21. The van der Waals surface area contributed by atoms with Crippen LogP contribution in [0.3, 0.4) is 0 Å². The van der Waals surface area contributed by atoms with Crippen molar-refractivity contribution in [3.63, 3.8) is 0 Å². The number of rotatable bonds is 2. The van der Waals surface area contributed by atoms with Gasteiger partial charge in [0.2, 0.25) is 0 Å². The molecule has 1 aliphatic heterocycles. The van der Waals surface area contributed by atoms with E-state index in [0.29, 0.717) is 28.1 Å². The molecule has 2 heterocycles. The van der Waals surface area contributed by atoms with E-state index < -0.39 is 5.82 Å². The molecule has 5 nitrogen and oxygen atoms in total. The summed E-state index contributed by atoms with van der Waals surface area (Å²) >= 11 is 0. The summed E-state index contributed by atoms with van der Waals surface area (Å²) in [6, 6.07) is 9.16. The van der Waals surface area contributed by atoms with Crippen LogP contribution in [-0.4, -0.2) is 21.0 Å². The SMILES string of the molecule is Cc1nc[nH]c1C=C1C(=O)Nc2ccc(F)c(-c3cccc(O)c3)c21. The summed E-state index contributed by atoms with van der Waals surface area (Å²) < 4.78 is 14.7. The van der Waals surface area contributed by atoms with Crippen LogP contribution in [0.25, 0.3) is 22.8 Å². The van der Waals surface area contributed by atoms with E-state index >= 15 is 0 Å². The lowest BCUT2D eigenvalue weighted by atomic mass is 9.93. The number of nitrogens with zero attached hydrogens (tertiary/aromatic N) is 1. The Morgan fingerprint density at radius 1 is 1.20 bits per heavy atom. The molecule has 0 atom stereocenters. The number of hydrogen-bond donors (Lipinski definition) is 3. The smallest absolute Gasteiger partial charge is 0.256 e. The minimum Gasteiger partial charge on any atom is -0.508 e. The Hall–Kier alpha value is -3.41. The van der Waals surface area contributed by atoms with Gasteiger partial charge in [-0.15, -0.1) is 0 Å². The number of nitrogens with one attached hydrogen (secondary N) is 2. The van der Waals surface area contributed by atoms with E-state index in [1.54, 1.807) is 18.2 Å². The number of benzene rings is 2. The van der Waals surface area contributed by atoms with Crippen LogP contribution in [0, 0.1) is 12.7 Å². The molecule has 0 saturated carbocycles. The van der Waals surface area contributed by atoms with Gasteiger partial charge in [0, 0.05) is 16.8 Å². The molecule has 1 amide bonds. The van der Waals surface area contributed by atoms with Gasteiger partial charge in [-0.2, -0.15) is 0 Å². The number of aromatic nitrogens is 2. The summed E-state index contributed by atoms with van der Waals surface area (Å²) in [6.07, 6.45) is 3.20. The second-order valence-corrected chi connectivity index (χ2v) is 5.81. The number of amides is 1. The predicted octanol–water partition coefficient (Wildman–Crippen LogP) is 3.72. The van der Waals surface area contributed by atoms with Crippen molar-refractivity contribution in [2.45, 2.75) is 6.92 Å². The Bertz CT molecular complexity index is 1040. The van der Waals surface area contributed by atoms with Crippen molar-refractivity contribution >= 4 is 23.2 Å². The van der Waals surface area contributed by atoms with E-state index in [2.05, 4.69) is 15.3 Å². The summed E-state index contributed by atoms with van der Waals surface area (Å²) in [5.74, 6) is -0.745. The van der Waals surface area contributed by atoms with Gasteiger partial charge in [-0.05, 0) is 42.8 Å². The number of aryl methyl sites for hydroxylation is 1. The molecule has 6 heteroatoms. The molecule has 2 aromatic carbocycles. The molecule has 1 aliphatic rings. The fourth-order valence-electron chi connectivity index (χ4n) is 3.01. The van der Waals surface area contributed by atoms with E-state index in [0.717, 1.165) is 5.69 Å².